The fourth-order valence-corrected chi connectivity index (χ4v) is 2.21. The summed E-state index contributed by atoms with van der Waals surface area (Å²) in [5.74, 6) is 0. The number of fused-ring (bicyclic) bond motifs is 1. The highest BCUT2D eigenvalue weighted by atomic mass is 16.1. The molecule has 15 heavy (non-hydrogen) atoms. The lowest BCUT2D eigenvalue weighted by Crippen LogP contribution is -2.30. The van der Waals surface area contributed by atoms with Gasteiger partial charge in [-0.05, 0) is 30.9 Å². The molecule has 1 aliphatic rings. The van der Waals surface area contributed by atoms with Crippen LogP contribution < -0.4 is 4.90 Å². The number of anilines is 1. The molecule has 2 heteroatoms. The van der Waals surface area contributed by atoms with Crippen LogP contribution in [0.15, 0.2) is 24.3 Å². The van der Waals surface area contributed by atoms with Crippen molar-refractivity contribution in [2.24, 2.45) is 0 Å². The van der Waals surface area contributed by atoms with Gasteiger partial charge in [-0.25, -0.2) is 0 Å². The van der Waals surface area contributed by atoms with Crippen molar-refractivity contribution in [3.05, 3.63) is 29.8 Å². The third-order valence-corrected chi connectivity index (χ3v) is 2.96. The van der Waals surface area contributed by atoms with Crippen LogP contribution in [0.5, 0.6) is 0 Å². The van der Waals surface area contributed by atoms with Crippen LogP contribution in [0.4, 0.5) is 5.69 Å². The Morgan fingerprint density at radius 3 is 3.07 bits per heavy atom. The standard InChI is InChI=1S/C13H17NO/c15-11-4-3-9-14-10-5-7-12-6-1-2-8-13(12)14/h1-2,6,8,11H,3-5,7,9-10H2. The van der Waals surface area contributed by atoms with Gasteiger partial charge in [-0.1, -0.05) is 18.2 Å². The normalized spacial score (nSPS) is 14.8. The fourth-order valence-electron chi connectivity index (χ4n) is 2.21. The van der Waals surface area contributed by atoms with Gasteiger partial charge in [-0.3, -0.25) is 0 Å². The van der Waals surface area contributed by atoms with Gasteiger partial charge in [-0.2, -0.15) is 0 Å². The van der Waals surface area contributed by atoms with E-state index in [9.17, 15) is 4.79 Å². The van der Waals surface area contributed by atoms with Crippen LogP contribution in [0, 0.1) is 0 Å². The number of unbranched alkanes of at least 4 members (excludes halogenated alkanes) is 1. The van der Waals surface area contributed by atoms with Crippen LogP contribution in [0.1, 0.15) is 24.8 Å². The molecule has 2 rings (SSSR count). The minimum atomic E-state index is 0.679. The highest BCUT2D eigenvalue weighted by Gasteiger charge is 2.14. The molecule has 0 radical (unpaired) electrons. The quantitative estimate of drug-likeness (QED) is 0.553. The van der Waals surface area contributed by atoms with E-state index in [0.29, 0.717) is 6.42 Å². The number of rotatable bonds is 4. The number of para-hydroxylation sites is 1. The number of aldehydes is 1. The average molecular weight is 203 g/mol. The molecule has 80 valence electrons. The third-order valence-electron chi connectivity index (χ3n) is 2.96. The number of carbonyl (C=O) groups excluding carboxylic acids is 1. The van der Waals surface area contributed by atoms with Gasteiger partial charge in [0.15, 0.2) is 0 Å². The number of carbonyl (C=O) groups is 1. The zero-order valence-electron chi connectivity index (χ0n) is 8.98. The first-order chi connectivity index (χ1) is 7.42. The molecule has 1 aromatic carbocycles. The summed E-state index contributed by atoms with van der Waals surface area (Å²) in [6.45, 7) is 2.14. The first-order valence-corrected chi connectivity index (χ1v) is 5.68. The van der Waals surface area contributed by atoms with E-state index in [4.69, 9.17) is 0 Å². The summed E-state index contributed by atoms with van der Waals surface area (Å²) in [6.07, 6.45) is 5.09. The van der Waals surface area contributed by atoms with Crippen molar-refractivity contribution in [3.8, 4) is 0 Å². The number of hydrogen-bond donors (Lipinski definition) is 0. The summed E-state index contributed by atoms with van der Waals surface area (Å²) in [6, 6.07) is 8.60. The lowest BCUT2D eigenvalue weighted by atomic mass is 10.0. The second kappa shape index (κ2) is 4.96. The van der Waals surface area contributed by atoms with Crippen LogP contribution >= 0.6 is 0 Å². The predicted molar refractivity (Wildman–Crippen MR) is 62.3 cm³/mol. The second-order valence-corrected chi connectivity index (χ2v) is 4.03. The highest BCUT2D eigenvalue weighted by Crippen LogP contribution is 2.26. The number of hydrogen-bond acceptors (Lipinski definition) is 2. The smallest absolute Gasteiger partial charge is 0.120 e. The Morgan fingerprint density at radius 2 is 2.20 bits per heavy atom. The monoisotopic (exact) mass is 203 g/mol. The molecule has 0 N–H and O–H groups in total. The summed E-state index contributed by atoms with van der Waals surface area (Å²) in [5.41, 5.74) is 2.82. The van der Waals surface area contributed by atoms with Gasteiger partial charge in [0.05, 0.1) is 0 Å². The van der Waals surface area contributed by atoms with Gasteiger partial charge in [0.1, 0.15) is 6.29 Å². The lowest BCUT2D eigenvalue weighted by molar-refractivity contribution is -0.107. The van der Waals surface area contributed by atoms with E-state index in [0.717, 1.165) is 25.8 Å². The Kier molecular flexibility index (Phi) is 3.38. The van der Waals surface area contributed by atoms with Crippen LogP contribution in [-0.4, -0.2) is 19.4 Å². The topological polar surface area (TPSA) is 20.3 Å². The lowest BCUT2D eigenvalue weighted by Gasteiger charge is -2.31. The van der Waals surface area contributed by atoms with E-state index in [1.807, 2.05) is 0 Å². The minimum absolute atomic E-state index is 0.679. The molecular weight excluding hydrogens is 186 g/mol. The van der Waals surface area contributed by atoms with Crippen LogP contribution in [0.2, 0.25) is 0 Å². The number of benzene rings is 1. The predicted octanol–water partition coefficient (Wildman–Crippen LogP) is 2.42. The molecule has 2 nitrogen and oxygen atoms in total. The van der Waals surface area contributed by atoms with Crippen LogP contribution in [0.3, 0.4) is 0 Å². The van der Waals surface area contributed by atoms with E-state index in [1.54, 1.807) is 0 Å². The molecule has 0 saturated carbocycles. The Morgan fingerprint density at radius 1 is 1.33 bits per heavy atom. The Balaban J connectivity index is 2.05. The maximum atomic E-state index is 10.3. The van der Waals surface area contributed by atoms with Crippen LogP contribution in [0.25, 0.3) is 0 Å². The zero-order valence-corrected chi connectivity index (χ0v) is 8.98. The molecule has 0 amide bonds. The van der Waals surface area contributed by atoms with Crippen molar-refractivity contribution in [2.45, 2.75) is 25.7 Å². The fraction of sp³-hybridized carbons (Fsp3) is 0.462. The minimum Gasteiger partial charge on any atom is -0.371 e. The van der Waals surface area contributed by atoms with Gasteiger partial charge in [0.2, 0.25) is 0 Å². The molecule has 0 saturated heterocycles. The van der Waals surface area contributed by atoms with Gasteiger partial charge < -0.3 is 9.69 Å². The third kappa shape index (κ3) is 2.38. The largest absolute Gasteiger partial charge is 0.371 e. The number of aryl methyl sites for hydroxylation is 1. The molecule has 0 spiro atoms. The van der Waals surface area contributed by atoms with Crippen molar-refractivity contribution in [1.29, 1.82) is 0 Å². The van der Waals surface area contributed by atoms with Crippen LogP contribution in [-0.2, 0) is 11.2 Å². The molecule has 0 atom stereocenters. The molecule has 0 aromatic heterocycles. The van der Waals surface area contributed by atoms with Crippen molar-refractivity contribution in [2.75, 3.05) is 18.0 Å². The second-order valence-electron chi connectivity index (χ2n) is 4.03. The summed E-state index contributed by atoms with van der Waals surface area (Å²) >= 11 is 0. The maximum absolute atomic E-state index is 10.3. The SMILES string of the molecule is O=CCCCN1CCCc2ccccc21. The van der Waals surface area contributed by atoms with Gasteiger partial charge >= 0.3 is 0 Å². The van der Waals surface area contributed by atoms with Crippen molar-refractivity contribution >= 4 is 12.0 Å². The van der Waals surface area contributed by atoms with Crippen molar-refractivity contribution in [1.82, 2.24) is 0 Å². The molecule has 0 unspecified atom stereocenters. The molecule has 0 aliphatic carbocycles. The molecular formula is C13H17NO. The highest BCUT2D eigenvalue weighted by molar-refractivity contribution is 5.55. The molecule has 0 fully saturated rings. The molecule has 1 heterocycles. The van der Waals surface area contributed by atoms with E-state index in [-0.39, 0.29) is 0 Å². The van der Waals surface area contributed by atoms with Gasteiger partial charge in [0.25, 0.3) is 0 Å². The summed E-state index contributed by atoms with van der Waals surface area (Å²) in [5, 5.41) is 0. The summed E-state index contributed by atoms with van der Waals surface area (Å²) < 4.78 is 0. The maximum Gasteiger partial charge on any atom is 0.120 e. The average Bonchev–Trinajstić information content (AvgIpc) is 2.30. The Labute approximate surface area is 90.9 Å². The van der Waals surface area contributed by atoms with E-state index in [1.165, 1.54) is 24.1 Å². The summed E-state index contributed by atoms with van der Waals surface area (Å²) in [7, 11) is 0. The first-order valence-electron chi connectivity index (χ1n) is 5.68. The van der Waals surface area contributed by atoms with Gasteiger partial charge in [-0.15, -0.1) is 0 Å². The Hall–Kier alpha value is -1.31. The first kappa shape index (κ1) is 10.2. The summed E-state index contributed by atoms with van der Waals surface area (Å²) in [4.78, 5) is 12.7. The molecule has 1 aliphatic heterocycles. The van der Waals surface area contributed by atoms with E-state index >= 15 is 0 Å². The van der Waals surface area contributed by atoms with Crippen molar-refractivity contribution in [3.63, 3.8) is 0 Å². The van der Waals surface area contributed by atoms with Gasteiger partial charge in [0, 0.05) is 25.2 Å². The molecule has 1 aromatic rings. The van der Waals surface area contributed by atoms with E-state index < -0.39 is 0 Å². The Bertz CT molecular complexity index is 335. The molecule has 0 bridgehead atoms. The zero-order chi connectivity index (χ0) is 10.5. The van der Waals surface area contributed by atoms with Crippen molar-refractivity contribution < 1.29 is 4.79 Å². The number of nitrogens with zero attached hydrogens (tertiary/aromatic N) is 1. The van der Waals surface area contributed by atoms with E-state index in [2.05, 4.69) is 29.2 Å².